The van der Waals surface area contributed by atoms with E-state index in [0.29, 0.717) is 24.6 Å². The van der Waals surface area contributed by atoms with Gasteiger partial charge in [-0.3, -0.25) is 4.98 Å². The summed E-state index contributed by atoms with van der Waals surface area (Å²) < 4.78 is 5.91. The number of ether oxygens (including phenoxy) is 1. The molecule has 0 amide bonds. The molecule has 2 N–H and O–H groups in total. The number of halogens is 1. The van der Waals surface area contributed by atoms with Crippen molar-refractivity contribution >= 4 is 40.8 Å². The first-order valence-corrected chi connectivity index (χ1v) is 9.60. The zero-order valence-corrected chi connectivity index (χ0v) is 18.6. The number of aliphatic imine (C=N–C) groups is 1. The van der Waals surface area contributed by atoms with Crippen LogP contribution in [0.2, 0.25) is 0 Å². The third-order valence-electron chi connectivity index (χ3n) is 5.88. The van der Waals surface area contributed by atoms with E-state index in [2.05, 4.69) is 54.6 Å². The van der Waals surface area contributed by atoms with Gasteiger partial charge in [-0.25, -0.2) is 4.99 Å². The summed E-state index contributed by atoms with van der Waals surface area (Å²) >= 11 is 0. The zero-order valence-electron chi connectivity index (χ0n) is 16.2. The average Bonchev–Trinajstić information content (AvgIpc) is 3.11. The predicted octanol–water partition coefficient (Wildman–Crippen LogP) is 3.72. The Morgan fingerprint density at radius 3 is 2.93 bits per heavy atom. The lowest BCUT2D eigenvalue weighted by Gasteiger charge is -2.54. The molecule has 2 heterocycles. The topological polar surface area (TPSA) is 58.5 Å². The van der Waals surface area contributed by atoms with Gasteiger partial charge in [0.15, 0.2) is 5.96 Å². The zero-order chi connectivity index (χ0) is 18.1. The molecule has 1 aliphatic heterocycles. The summed E-state index contributed by atoms with van der Waals surface area (Å²) in [4.78, 5) is 9.30. The van der Waals surface area contributed by atoms with Gasteiger partial charge in [-0.05, 0) is 31.0 Å². The molecule has 1 saturated carbocycles. The molecule has 1 aliphatic carbocycles. The van der Waals surface area contributed by atoms with Crippen molar-refractivity contribution in [2.45, 2.75) is 45.9 Å². The molecule has 2 fully saturated rings. The first kappa shape index (κ1) is 20.3. The Hall–Kier alpha value is -1.41. The minimum absolute atomic E-state index is 0. The number of hydrogen-bond acceptors (Lipinski definition) is 3. The Morgan fingerprint density at radius 2 is 2.11 bits per heavy atom. The molecule has 5 nitrogen and oxygen atoms in total. The molecule has 4 rings (SSSR count). The lowest BCUT2D eigenvalue weighted by Crippen LogP contribution is -2.67. The van der Waals surface area contributed by atoms with E-state index in [1.165, 1.54) is 10.9 Å². The van der Waals surface area contributed by atoms with Gasteiger partial charge >= 0.3 is 0 Å². The maximum Gasteiger partial charge on any atom is 0.191 e. The first-order chi connectivity index (χ1) is 12.6. The molecule has 6 heteroatoms. The second-order valence-corrected chi connectivity index (χ2v) is 7.87. The Labute approximate surface area is 178 Å². The van der Waals surface area contributed by atoms with Crippen molar-refractivity contribution in [3.05, 3.63) is 42.1 Å². The number of guanidine groups is 1. The van der Waals surface area contributed by atoms with Gasteiger partial charge in [0.05, 0.1) is 18.2 Å². The second kappa shape index (κ2) is 8.31. The highest BCUT2D eigenvalue weighted by atomic mass is 127. The molecule has 0 spiro atoms. The summed E-state index contributed by atoms with van der Waals surface area (Å²) in [6.45, 7) is 9.05. The highest BCUT2D eigenvalue weighted by Gasteiger charge is 2.59. The van der Waals surface area contributed by atoms with Crippen LogP contribution in [0.1, 0.15) is 32.8 Å². The van der Waals surface area contributed by atoms with Crippen LogP contribution in [-0.2, 0) is 11.3 Å². The van der Waals surface area contributed by atoms with Crippen molar-refractivity contribution in [1.82, 2.24) is 15.6 Å². The molecule has 0 radical (unpaired) electrons. The van der Waals surface area contributed by atoms with Crippen LogP contribution in [0.25, 0.3) is 10.9 Å². The van der Waals surface area contributed by atoms with Crippen LogP contribution in [-0.4, -0.2) is 36.2 Å². The molecular formula is C21H29IN4O. The third kappa shape index (κ3) is 3.78. The molecule has 2 aliphatic rings. The highest BCUT2D eigenvalue weighted by Crippen LogP contribution is 2.52. The molecule has 0 bridgehead atoms. The quantitative estimate of drug-likeness (QED) is 0.398. The van der Waals surface area contributed by atoms with Gasteiger partial charge < -0.3 is 15.4 Å². The van der Waals surface area contributed by atoms with E-state index < -0.39 is 0 Å². The van der Waals surface area contributed by atoms with Gasteiger partial charge in [0.25, 0.3) is 0 Å². The number of fused-ring (bicyclic) bond motifs is 2. The Kier molecular flexibility index (Phi) is 6.25. The number of rotatable bonds is 4. The van der Waals surface area contributed by atoms with Gasteiger partial charge in [0.2, 0.25) is 0 Å². The van der Waals surface area contributed by atoms with E-state index in [9.17, 15) is 0 Å². The largest absolute Gasteiger partial charge is 0.377 e. The molecule has 3 unspecified atom stereocenters. The number of aromatic nitrogens is 1. The minimum Gasteiger partial charge on any atom is -0.377 e. The summed E-state index contributed by atoms with van der Waals surface area (Å²) in [5, 5.41) is 8.25. The Balaban J connectivity index is 0.00000210. The van der Waals surface area contributed by atoms with E-state index in [-0.39, 0.29) is 29.4 Å². The highest BCUT2D eigenvalue weighted by molar-refractivity contribution is 14.0. The van der Waals surface area contributed by atoms with E-state index in [1.54, 1.807) is 0 Å². The van der Waals surface area contributed by atoms with Crippen LogP contribution >= 0.6 is 24.0 Å². The van der Waals surface area contributed by atoms with E-state index >= 15 is 0 Å². The van der Waals surface area contributed by atoms with Gasteiger partial charge in [-0.15, -0.1) is 24.0 Å². The van der Waals surface area contributed by atoms with Crippen LogP contribution in [0.15, 0.2) is 41.5 Å². The van der Waals surface area contributed by atoms with E-state index in [0.717, 1.165) is 31.0 Å². The van der Waals surface area contributed by atoms with Crippen LogP contribution in [0.5, 0.6) is 0 Å². The fourth-order valence-corrected chi connectivity index (χ4v) is 4.54. The first-order valence-electron chi connectivity index (χ1n) is 9.60. The molecule has 1 aromatic carbocycles. The van der Waals surface area contributed by atoms with Crippen LogP contribution in [0, 0.1) is 11.3 Å². The molecular weight excluding hydrogens is 451 g/mol. The van der Waals surface area contributed by atoms with Gasteiger partial charge in [0, 0.05) is 42.1 Å². The van der Waals surface area contributed by atoms with E-state index in [4.69, 9.17) is 9.73 Å². The third-order valence-corrected chi connectivity index (χ3v) is 5.88. The number of nitrogens with one attached hydrogen (secondary N) is 2. The SMILES string of the molecule is CCNC(=NCc1ccnc2ccccc12)NC1C2CCOC2C1(C)C.I. The number of benzene rings is 1. The Morgan fingerprint density at radius 1 is 1.30 bits per heavy atom. The number of para-hydroxylation sites is 1. The van der Waals surface area contributed by atoms with Crippen molar-refractivity contribution < 1.29 is 4.74 Å². The number of nitrogens with zero attached hydrogens (tertiary/aromatic N) is 2. The van der Waals surface area contributed by atoms with Crippen LogP contribution in [0.4, 0.5) is 0 Å². The van der Waals surface area contributed by atoms with E-state index in [1.807, 2.05) is 18.3 Å². The standard InChI is InChI=1S/C21H28N4O.HI/c1-4-22-20(25-18-16-10-12-26-19(16)21(18,2)3)24-13-14-9-11-23-17-8-6-5-7-15(14)17;/h5-9,11,16,18-19H,4,10,12-13H2,1-3H3,(H2,22,24,25);1H. The van der Waals surface area contributed by atoms with Crippen molar-refractivity contribution in [1.29, 1.82) is 0 Å². The van der Waals surface area contributed by atoms with Gasteiger partial charge in [0.1, 0.15) is 0 Å². The molecule has 146 valence electrons. The normalized spacial score (nSPS) is 26.0. The lowest BCUT2D eigenvalue weighted by molar-refractivity contribution is -0.106. The fraction of sp³-hybridized carbons (Fsp3) is 0.524. The average molecular weight is 480 g/mol. The summed E-state index contributed by atoms with van der Waals surface area (Å²) in [5.41, 5.74) is 2.35. The maximum atomic E-state index is 5.91. The van der Waals surface area contributed by atoms with Crippen molar-refractivity contribution in [3.8, 4) is 0 Å². The minimum atomic E-state index is 0. The van der Waals surface area contributed by atoms with Crippen molar-refractivity contribution in [2.24, 2.45) is 16.3 Å². The smallest absolute Gasteiger partial charge is 0.191 e. The maximum absolute atomic E-state index is 5.91. The Bertz CT molecular complexity index is 817. The second-order valence-electron chi connectivity index (χ2n) is 7.87. The van der Waals surface area contributed by atoms with Crippen LogP contribution < -0.4 is 10.6 Å². The molecule has 3 atom stereocenters. The summed E-state index contributed by atoms with van der Waals surface area (Å²) in [5.74, 6) is 1.48. The lowest BCUT2D eigenvalue weighted by atomic mass is 9.57. The van der Waals surface area contributed by atoms with Crippen molar-refractivity contribution in [3.63, 3.8) is 0 Å². The predicted molar refractivity (Wildman–Crippen MR) is 121 cm³/mol. The number of hydrogen-bond donors (Lipinski definition) is 2. The summed E-state index contributed by atoms with van der Waals surface area (Å²) in [6, 6.07) is 10.7. The monoisotopic (exact) mass is 480 g/mol. The molecule has 27 heavy (non-hydrogen) atoms. The molecule has 1 aromatic heterocycles. The number of pyridine rings is 1. The summed E-state index contributed by atoms with van der Waals surface area (Å²) in [7, 11) is 0. The van der Waals surface area contributed by atoms with Crippen molar-refractivity contribution in [2.75, 3.05) is 13.2 Å². The van der Waals surface area contributed by atoms with Crippen LogP contribution in [0.3, 0.4) is 0 Å². The molecule has 1 saturated heterocycles. The van der Waals surface area contributed by atoms with Gasteiger partial charge in [-0.1, -0.05) is 32.0 Å². The fourth-order valence-electron chi connectivity index (χ4n) is 4.54. The summed E-state index contributed by atoms with van der Waals surface area (Å²) in [6.07, 6.45) is 3.38. The molecule has 2 aromatic rings. The van der Waals surface area contributed by atoms with Gasteiger partial charge in [-0.2, -0.15) is 0 Å².